The van der Waals surface area contributed by atoms with Crippen molar-refractivity contribution in [3.05, 3.63) is 64.9 Å². The summed E-state index contributed by atoms with van der Waals surface area (Å²) in [6, 6.07) is 14.0. The number of para-hydroxylation sites is 1. The van der Waals surface area contributed by atoms with Gasteiger partial charge in [0.1, 0.15) is 5.82 Å². The lowest BCUT2D eigenvalue weighted by molar-refractivity contribution is -0.122. The molecule has 25 heavy (non-hydrogen) atoms. The zero-order chi connectivity index (χ0) is 17.6. The zero-order valence-electron chi connectivity index (χ0n) is 13.9. The monoisotopic (exact) mass is 361 g/mol. The van der Waals surface area contributed by atoms with Crippen LogP contribution in [0, 0.1) is 5.82 Å². The average molecular weight is 362 g/mol. The molecule has 0 aliphatic carbocycles. The van der Waals surface area contributed by atoms with Gasteiger partial charge in [-0.2, -0.15) is 0 Å². The van der Waals surface area contributed by atoms with Crippen LogP contribution in [0.15, 0.2) is 48.5 Å². The first-order chi connectivity index (χ1) is 12.1. The number of hydrogen-bond acceptors (Lipinski definition) is 3. The number of carbonyl (C=O) groups is 1. The maximum atomic E-state index is 12.9. The quantitative estimate of drug-likeness (QED) is 0.889. The Morgan fingerprint density at radius 1 is 1.04 bits per heavy atom. The van der Waals surface area contributed by atoms with Gasteiger partial charge in [-0.25, -0.2) is 4.39 Å². The van der Waals surface area contributed by atoms with Gasteiger partial charge in [-0.15, -0.1) is 0 Å². The molecule has 0 radical (unpaired) electrons. The summed E-state index contributed by atoms with van der Waals surface area (Å²) >= 11 is 6.24. The van der Waals surface area contributed by atoms with Gasteiger partial charge in [-0.05, 0) is 29.8 Å². The lowest BCUT2D eigenvalue weighted by atomic mass is 10.2. The van der Waals surface area contributed by atoms with Gasteiger partial charge in [0.2, 0.25) is 5.91 Å². The second kappa shape index (κ2) is 8.32. The molecule has 0 aromatic heterocycles. The van der Waals surface area contributed by atoms with Gasteiger partial charge in [0.25, 0.3) is 0 Å². The van der Waals surface area contributed by atoms with Crippen molar-refractivity contribution in [1.29, 1.82) is 0 Å². The molecule has 0 unspecified atom stereocenters. The second-order valence-corrected chi connectivity index (χ2v) is 6.53. The van der Waals surface area contributed by atoms with Crippen LogP contribution in [-0.4, -0.2) is 43.5 Å². The van der Waals surface area contributed by atoms with Crippen molar-refractivity contribution in [3.8, 4) is 0 Å². The molecule has 0 saturated carbocycles. The first kappa shape index (κ1) is 17.7. The number of benzene rings is 2. The second-order valence-electron chi connectivity index (χ2n) is 6.12. The third-order valence-electron chi connectivity index (χ3n) is 4.34. The highest BCUT2D eigenvalue weighted by Gasteiger charge is 2.20. The molecule has 1 aliphatic heterocycles. The van der Waals surface area contributed by atoms with E-state index in [2.05, 4.69) is 15.1 Å². The minimum Gasteiger partial charge on any atom is -0.368 e. The maximum absolute atomic E-state index is 12.9. The summed E-state index contributed by atoms with van der Waals surface area (Å²) in [4.78, 5) is 16.5. The predicted molar refractivity (Wildman–Crippen MR) is 98.4 cm³/mol. The van der Waals surface area contributed by atoms with E-state index in [0.717, 1.165) is 42.5 Å². The third kappa shape index (κ3) is 4.94. The van der Waals surface area contributed by atoms with Crippen molar-refractivity contribution in [2.75, 3.05) is 37.6 Å². The molecule has 0 bridgehead atoms. The Morgan fingerprint density at radius 2 is 1.72 bits per heavy atom. The molecule has 2 aromatic carbocycles. The number of halogens is 2. The Hall–Kier alpha value is -2.11. The van der Waals surface area contributed by atoms with Crippen molar-refractivity contribution in [2.45, 2.75) is 6.54 Å². The van der Waals surface area contributed by atoms with Crippen molar-refractivity contribution in [1.82, 2.24) is 10.2 Å². The SMILES string of the molecule is O=C(CN1CCN(c2ccccc2Cl)CC1)NCc1ccc(F)cc1. The first-order valence-electron chi connectivity index (χ1n) is 8.35. The number of carbonyl (C=O) groups excluding carboxylic acids is 1. The summed E-state index contributed by atoms with van der Waals surface area (Å²) < 4.78 is 12.9. The van der Waals surface area contributed by atoms with Crippen LogP contribution in [0.25, 0.3) is 0 Å². The van der Waals surface area contributed by atoms with Crippen molar-refractivity contribution in [2.24, 2.45) is 0 Å². The van der Waals surface area contributed by atoms with Gasteiger partial charge in [-0.3, -0.25) is 9.69 Å². The van der Waals surface area contributed by atoms with Gasteiger partial charge in [0.05, 0.1) is 17.3 Å². The number of nitrogens with zero attached hydrogens (tertiary/aromatic N) is 2. The van der Waals surface area contributed by atoms with Crippen molar-refractivity contribution >= 4 is 23.2 Å². The molecule has 4 nitrogen and oxygen atoms in total. The van der Waals surface area contributed by atoms with Crippen LogP contribution < -0.4 is 10.2 Å². The minimum absolute atomic E-state index is 0.0180. The molecular formula is C19H21ClFN3O. The van der Waals surface area contributed by atoms with E-state index in [1.807, 2.05) is 24.3 Å². The lowest BCUT2D eigenvalue weighted by Crippen LogP contribution is -2.49. The van der Waals surface area contributed by atoms with E-state index in [0.29, 0.717) is 13.1 Å². The van der Waals surface area contributed by atoms with Crippen LogP contribution in [0.5, 0.6) is 0 Å². The van der Waals surface area contributed by atoms with Crippen molar-refractivity contribution < 1.29 is 9.18 Å². The standard InChI is InChI=1S/C19H21ClFN3O/c20-17-3-1-2-4-18(17)24-11-9-23(10-12-24)14-19(25)22-13-15-5-7-16(21)8-6-15/h1-8H,9-14H2,(H,22,25). The van der Waals surface area contributed by atoms with E-state index in [1.165, 1.54) is 12.1 Å². The molecular weight excluding hydrogens is 341 g/mol. The van der Waals surface area contributed by atoms with Crippen LogP contribution in [0.2, 0.25) is 5.02 Å². The van der Waals surface area contributed by atoms with Gasteiger partial charge >= 0.3 is 0 Å². The maximum Gasteiger partial charge on any atom is 0.234 e. The van der Waals surface area contributed by atoms with Crippen LogP contribution >= 0.6 is 11.6 Å². The number of nitrogens with one attached hydrogen (secondary N) is 1. The smallest absolute Gasteiger partial charge is 0.234 e. The highest BCUT2D eigenvalue weighted by atomic mass is 35.5. The summed E-state index contributed by atoms with van der Waals surface area (Å²) in [6.45, 7) is 4.10. The molecule has 1 N–H and O–H groups in total. The summed E-state index contributed by atoms with van der Waals surface area (Å²) in [7, 11) is 0. The molecule has 6 heteroatoms. The Morgan fingerprint density at radius 3 is 2.40 bits per heavy atom. The Labute approximate surface area is 152 Å². The van der Waals surface area contributed by atoms with Crippen LogP contribution in [0.1, 0.15) is 5.56 Å². The topological polar surface area (TPSA) is 35.6 Å². The average Bonchev–Trinajstić information content (AvgIpc) is 2.62. The van der Waals surface area contributed by atoms with Crippen LogP contribution in [-0.2, 0) is 11.3 Å². The van der Waals surface area contributed by atoms with Crippen LogP contribution in [0.3, 0.4) is 0 Å². The summed E-state index contributed by atoms with van der Waals surface area (Å²) in [6.07, 6.45) is 0. The predicted octanol–water partition coefficient (Wildman–Crippen LogP) is 2.92. The largest absolute Gasteiger partial charge is 0.368 e. The Kier molecular flexibility index (Phi) is 5.89. The number of rotatable bonds is 5. The van der Waals surface area contributed by atoms with Gasteiger partial charge in [-0.1, -0.05) is 35.9 Å². The highest BCUT2D eigenvalue weighted by Crippen LogP contribution is 2.25. The molecule has 2 aromatic rings. The Balaban J connectivity index is 1.43. The molecule has 1 heterocycles. The molecule has 132 valence electrons. The summed E-state index contributed by atoms with van der Waals surface area (Å²) in [5.74, 6) is -0.290. The first-order valence-corrected chi connectivity index (χ1v) is 8.72. The van der Waals surface area contributed by atoms with E-state index in [4.69, 9.17) is 11.6 Å². The Bertz CT molecular complexity index is 715. The van der Waals surface area contributed by atoms with E-state index in [9.17, 15) is 9.18 Å². The molecule has 1 aliphatic rings. The number of amides is 1. The van der Waals surface area contributed by atoms with Gasteiger partial charge < -0.3 is 10.2 Å². The molecule has 1 saturated heterocycles. The van der Waals surface area contributed by atoms with E-state index in [-0.39, 0.29) is 11.7 Å². The van der Waals surface area contributed by atoms with E-state index >= 15 is 0 Å². The summed E-state index contributed by atoms with van der Waals surface area (Å²) in [5.41, 5.74) is 1.93. The third-order valence-corrected chi connectivity index (χ3v) is 4.66. The normalized spacial score (nSPS) is 15.2. The van der Waals surface area contributed by atoms with E-state index in [1.54, 1.807) is 12.1 Å². The molecule has 1 fully saturated rings. The zero-order valence-corrected chi connectivity index (χ0v) is 14.7. The number of anilines is 1. The molecule has 0 spiro atoms. The van der Waals surface area contributed by atoms with E-state index < -0.39 is 0 Å². The highest BCUT2D eigenvalue weighted by molar-refractivity contribution is 6.33. The molecule has 1 amide bonds. The fraction of sp³-hybridized carbons (Fsp3) is 0.316. The molecule has 0 atom stereocenters. The van der Waals surface area contributed by atoms with Crippen LogP contribution in [0.4, 0.5) is 10.1 Å². The van der Waals surface area contributed by atoms with Gasteiger partial charge in [0, 0.05) is 32.7 Å². The minimum atomic E-state index is -0.272. The van der Waals surface area contributed by atoms with Crippen molar-refractivity contribution in [3.63, 3.8) is 0 Å². The number of piperazine rings is 1. The van der Waals surface area contributed by atoms with Gasteiger partial charge in [0.15, 0.2) is 0 Å². The fourth-order valence-electron chi connectivity index (χ4n) is 2.92. The lowest BCUT2D eigenvalue weighted by Gasteiger charge is -2.36. The molecule has 3 rings (SSSR count). The summed E-state index contributed by atoms with van der Waals surface area (Å²) in [5, 5.41) is 3.64. The number of hydrogen-bond donors (Lipinski definition) is 1. The fourth-order valence-corrected chi connectivity index (χ4v) is 3.17.